The van der Waals surface area contributed by atoms with E-state index in [0.717, 1.165) is 37.7 Å². The second-order valence-electron chi connectivity index (χ2n) is 10.6. The summed E-state index contributed by atoms with van der Waals surface area (Å²) in [6.45, 7) is 4.63. The average molecular weight is 408 g/mol. The van der Waals surface area contributed by atoms with E-state index >= 15 is 0 Å². The predicted molar refractivity (Wildman–Crippen MR) is 118 cm³/mol. The maximum absolute atomic E-state index is 12.6. The van der Waals surface area contributed by atoms with E-state index in [1.807, 2.05) is 24.1 Å². The molecule has 0 spiro atoms. The van der Waals surface area contributed by atoms with Crippen LogP contribution in [-0.2, 0) is 4.79 Å². The predicted octanol–water partition coefficient (Wildman–Crippen LogP) is 4.39. The Balaban J connectivity index is 1.62. The lowest BCUT2D eigenvalue weighted by Gasteiger charge is -2.60. The number of nitrogens with zero attached hydrogens (tertiary/aromatic N) is 1. The van der Waals surface area contributed by atoms with Gasteiger partial charge in [0, 0.05) is 12.5 Å². The monoisotopic (exact) mass is 407 g/mol. The highest BCUT2D eigenvalue weighted by Crippen LogP contribution is 2.64. The number of rotatable bonds is 1. The molecule has 0 bridgehead atoms. The molecule has 7 atom stereocenters. The van der Waals surface area contributed by atoms with E-state index in [-0.39, 0.29) is 34.6 Å². The molecule has 0 unspecified atom stereocenters. The third-order valence-corrected chi connectivity index (χ3v) is 9.14. The van der Waals surface area contributed by atoms with Crippen LogP contribution in [0.1, 0.15) is 51.5 Å². The van der Waals surface area contributed by atoms with Gasteiger partial charge in [-0.25, -0.2) is 0 Å². The Bertz CT molecular complexity index is 936. The first-order chi connectivity index (χ1) is 14.2. The van der Waals surface area contributed by atoms with Gasteiger partial charge in [0.1, 0.15) is 5.75 Å². The molecule has 1 aliphatic heterocycles. The number of aliphatic hydroxyl groups excluding tert-OH is 1. The molecule has 1 aromatic rings. The molecule has 1 aromatic carbocycles. The van der Waals surface area contributed by atoms with E-state index in [2.05, 4.69) is 26.0 Å². The first-order valence-corrected chi connectivity index (χ1v) is 11.4. The number of amides is 1. The molecular weight excluding hydrogens is 374 g/mol. The highest BCUT2D eigenvalue weighted by molar-refractivity contribution is 5.89. The number of hydrogen-bond donors (Lipinski definition) is 2. The zero-order valence-corrected chi connectivity index (χ0v) is 18.2. The fraction of sp³-hybridized carbons (Fsp3) is 0.577. The Hall–Kier alpha value is -2.07. The summed E-state index contributed by atoms with van der Waals surface area (Å²) >= 11 is 0. The van der Waals surface area contributed by atoms with Crippen molar-refractivity contribution in [2.24, 2.45) is 28.6 Å². The van der Waals surface area contributed by atoms with Gasteiger partial charge in [0.05, 0.1) is 12.1 Å². The quantitative estimate of drug-likeness (QED) is 0.726. The lowest BCUT2D eigenvalue weighted by molar-refractivity contribution is -0.135. The summed E-state index contributed by atoms with van der Waals surface area (Å²) in [5, 5.41) is 20.7. The number of aliphatic hydroxyl groups is 1. The Morgan fingerprint density at radius 3 is 2.73 bits per heavy atom. The Morgan fingerprint density at radius 2 is 1.97 bits per heavy atom. The van der Waals surface area contributed by atoms with Gasteiger partial charge in [-0.05, 0) is 84.6 Å². The van der Waals surface area contributed by atoms with Gasteiger partial charge in [0.25, 0.3) is 0 Å². The Kier molecular flexibility index (Phi) is 4.45. The van der Waals surface area contributed by atoms with E-state index in [0.29, 0.717) is 17.8 Å². The van der Waals surface area contributed by atoms with Gasteiger partial charge in [-0.1, -0.05) is 38.1 Å². The number of carbonyl (C=O) groups is 1. The molecule has 4 aliphatic rings. The van der Waals surface area contributed by atoms with Crippen LogP contribution in [0, 0.1) is 28.6 Å². The number of likely N-dealkylation sites (N-methyl/N-ethyl adjacent to an activating group) is 1. The van der Waals surface area contributed by atoms with Gasteiger partial charge in [0.15, 0.2) is 0 Å². The van der Waals surface area contributed by atoms with Crippen LogP contribution in [0.3, 0.4) is 0 Å². The van der Waals surface area contributed by atoms with Crippen LogP contribution in [0.5, 0.6) is 5.75 Å². The number of phenolic OH excluding ortho intramolecular Hbond substituents is 1. The maximum Gasteiger partial charge on any atom is 0.246 e. The fourth-order valence-corrected chi connectivity index (χ4v) is 7.65. The Morgan fingerprint density at radius 1 is 1.17 bits per heavy atom. The first kappa shape index (κ1) is 19.9. The van der Waals surface area contributed by atoms with Gasteiger partial charge < -0.3 is 15.1 Å². The van der Waals surface area contributed by atoms with Crippen LogP contribution in [0.25, 0.3) is 6.08 Å². The third-order valence-electron chi connectivity index (χ3n) is 9.14. The molecule has 160 valence electrons. The third kappa shape index (κ3) is 2.72. The van der Waals surface area contributed by atoms with E-state index < -0.39 is 0 Å². The molecule has 3 fully saturated rings. The smallest absolute Gasteiger partial charge is 0.246 e. The van der Waals surface area contributed by atoms with Crippen molar-refractivity contribution in [1.29, 1.82) is 0 Å². The normalized spacial score (nSPS) is 44.0. The van der Waals surface area contributed by atoms with Crippen molar-refractivity contribution in [3.63, 3.8) is 0 Å². The number of benzene rings is 1. The van der Waals surface area contributed by atoms with Gasteiger partial charge in [-0.2, -0.15) is 0 Å². The highest BCUT2D eigenvalue weighted by atomic mass is 16.3. The van der Waals surface area contributed by atoms with Crippen LogP contribution >= 0.6 is 0 Å². The summed E-state index contributed by atoms with van der Waals surface area (Å²) in [7, 11) is 1.93. The van der Waals surface area contributed by atoms with E-state index in [9.17, 15) is 15.0 Å². The zero-order chi connectivity index (χ0) is 21.3. The van der Waals surface area contributed by atoms with Gasteiger partial charge in [-0.15, -0.1) is 0 Å². The molecule has 0 aromatic heterocycles. The van der Waals surface area contributed by atoms with Crippen LogP contribution < -0.4 is 0 Å². The van der Waals surface area contributed by atoms with Gasteiger partial charge in [-0.3, -0.25) is 4.79 Å². The zero-order valence-electron chi connectivity index (χ0n) is 18.2. The summed E-state index contributed by atoms with van der Waals surface area (Å²) in [5.74, 6) is 1.87. The number of aromatic hydroxyl groups is 1. The molecule has 1 amide bonds. The second kappa shape index (κ2) is 6.71. The van der Waals surface area contributed by atoms with Crippen LogP contribution in [0.4, 0.5) is 0 Å². The second-order valence-corrected chi connectivity index (χ2v) is 10.6. The van der Waals surface area contributed by atoms with Crippen molar-refractivity contribution in [3.8, 4) is 5.75 Å². The minimum atomic E-state index is -0.196. The van der Waals surface area contributed by atoms with Crippen molar-refractivity contribution in [3.05, 3.63) is 47.6 Å². The standard InChI is InChI=1S/C26H33NO3/c1-25-11-9-21-19(20(25)7-8-22(25)29)15-17(13-16-5-4-6-18(28)14-16)24-26(21,2)12-10-23(30)27(24)3/h4-6,10,12-14,19-22,24,28-29H,7-9,11,15H2,1-3H3/t19-,20-,21-,22-,24+,25-,26+/m0/s1. The number of carbonyl (C=O) groups excluding carboxylic acids is 1. The van der Waals surface area contributed by atoms with Crippen LogP contribution in [0.15, 0.2) is 42.0 Å². The number of fused-ring (bicyclic) bond motifs is 5. The topological polar surface area (TPSA) is 60.8 Å². The van der Waals surface area contributed by atoms with E-state index in [1.54, 1.807) is 18.2 Å². The SMILES string of the molecule is CN1C(=O)C=C[C@]2(C)[C@H]3CC[C@]4(C)[C@@H](O)CC[C@H]4[C@@H]3CC(=Cc3cccc(O)c3)[C@@H]12. The Labute approximate surface area is 179 Å². The minimum absolute atomic E-state index is 0.0145. The van der Waals surface area contributed by atoms with Crippen molar-refractivity contribution in [1.82, 2.24) is 4.90 Å². The summed E-state index contributed by atoms with van der Waals surface area (Å²) in [5.41, 5.74) is 2.16. The molecule has 2 N–H and O–H groups in total. The van der Waals surface area contributed by atoms with E-state index in [1.165, 1.54) is 5.57 Å². The van der Waals surface area contributed by atoms with Crippen molar-refractivity contribution in [2.75, 3.05) is 7.05 Å². The van der Waals surface area contributed by atoms with E-state index in [4.69, 9.17) is 0 Å². The molecule has 3 saturated carbocycles. The average Bonchev–Trinajstić information content (AvgIpc) is 3.00. The van der Waals surface area contributed by atoms with Crippen molar-refractivity contribution >= 4 is 12.0 Å². The fourth-order valence-electron chi connectivity index (χ4n) is 7.65. The molecule has 0 radical (unpaired) electrons. The molecule has 0 saturated heterocycles. The molecular formula is C26H33NO3. The van der Waals surface area contributed by atoms with Crippen molar-refractivity contribution in [2.45, 2.75) is 58.1 Å². The lowest BCUT2D eigenvalue weighted by atomic mass is 9.47. The minimum Gasteiger partial charge on any atom is -0.508 e. The van der Waals surface area contributed by atoms with Crippen LogP contribution in [-0.4, -0.2) is 40.2 Å². The molecule has 30 heavy (non-hydrogen) atoms. The molecule has 1 heterocycles. The van der Waals surface area contributed by atoms with Gasteiger partial charge in [0.2, 0.25) is 5.91 Å². The van der Waals surface area contributed by atoms with Crippen LogP contribution in [0.2, 0.25) is 0 Å². The molecule has 5 rings (SSSR count). The molecule has 4 heteroatoms. The first-order valence-electron chi connectivity index (χ1n) is 11.4. The number of hydrogen-bond acceptors (Lipinski definition) is 3. The summed E-state index contributed by atoms with van der Waals surface area (Å²) in [6, 6.07) is 7.40. The summed E-state index contributed by atoms with van der Waals surface area (Å²) in [4.78, 5) is 14.5. The summed E-state index contributed by atoms with van der Waals surface area (Å²) < 4.78 is 0. The summed E-state index contributed by atoms with van der Waals surface area (Å²) in [6.07, 6.45) is 11.1. The lowest BCUT2D eigenvalue weighted by Crippen LogP contribution is -2.60. The highest BCUT2D eigenvalue weighted by Gasteiger charge is 2.61. The number of phenols is 1. The molecule has 3 aliphatic carbocycles. The largest absolute Gasteiger partial charge is 0.508 e. The maximum atomic E-state index is 12.6. The molecule has 4 nitrogen and oxygen atoms in total. The van der Waals surface area contributed by atoms with Crippen molar-refractivity contribution < 1.29 is 15.0 Å². The van der Waals surface area contributed by atoms with Gasteiger partial charge >= 0.3 is 0 Å².